The molecule has 18 heavy (non-hydrogen) atoms. The topological polar surface area (TPSA) is 60.4 Å². The van der Waals surface area contributed by atoms with Gasteiger partial charge in [-0.25, -0.2) is 0 Å². The largest absolute Gasteiger partial charge is 0.497 e. The third-order valence-corrected chi connectivity index (χ3v) is 2.74. The summed E-state index contributed by atoms with van der Waals surface area (Å²) in [7, 11) is 1.62. The fourth-order valence-electron chi connectivity index (χ4n) is 1.83. The van der Waals surface area contributed by atoms with Crippen LogP contribution in [0.25, 0.3) is 0 Å². The Kier molecular flexibility index (Phi) is 3.46. The van der Waals surface area contributed by atoms with Crippen LogP contribution in [0.3, 0.4) is 0 Å². The summed E-state index contributed by atoms with van der Waals surface area (Å²) in [5.41, 5.74) is 7.39. The van der Waals surface area contributed by atoms with Gasteiger partial charge >= 0.3 is 0 Å². The lowest BCUT2D eigenvalue weighted by Gasteiger charge is -2.14. The van der Waals surface area contributed by atoms with Gasteiger partial charge in [0.15, 0.2) is 0 Å². The van der Waals surface area contributed by atoms with Crippen LogP contribution in [0.2, 0.25) is 0 Å². The molecule has 0 aliphatic rings. The van der Waals surface area contributed by atoms with Crippen LogP contribution in [-0.2, 0) is 0 Å². The summed E-state index contributed by atoms with van der Waals surface area (Å²) in [5, 5.41) is 3.33. The Balaban J connectivity index is 2.16. The van der Waals surface area contributed by atoms with Gasteiger partial charge in [-0.1, -0.05) is 0 Å². The highest BCUT2D eigenvalue weighted by atomic mass is 16.5. The van der Waals surface area contributed by atoms with Crippen molar-refractivity contribution in [1.29, 1.82) is 0 Å². The maximum absolute atomic E-state index is 5.81. The summed E-state index contributed by atoms with van der Waals surface area (Å²) in [6.07, 6.45) is 0. The standard InChI is InChI=1S/C14H18N2O2/c1-9-4-5-14(18-9)10(2)16-12-6-11(15)7-13(8-12)17-3/h4-8,10,16H,15H2,1-3H3. The van der Waals surface area contributed by atoms with E-state index in [2.05, 4.69) is 5.32 Å². The van der Waals surface area contributed by atoms with Crippen molar-refractivity contribution in [1.82, 2.24) is 0 Å². The van der Waals surface area contributed by atoms with E-state index < -0.39 is 0 Å². The van der Waals surface area contributed by atoms with Crippen LogP contribution >= 0.6 is 0 Å². The van der Waals surface area contributed by atoms with Crippen LogP contribution in [-0.4, -0.2) is 7.11 Å². The fraction of sp³-hybridized carbons (Fsp3) is 0.286. The molecule has 0 bridgehead atoms. The molecule has 0 aliphatic heterocycles. The van der Waals surface area contributed by atoms with Crippen LogP contribution in [0.4, 0.5) is 11.4 Å². The minimum absolute atomic E-state index is 0.0743. The molecule has 0 aliphatic carbocycles. The van der Waals surface area contributed by atoms with Crippen molar-refractivity contribution in [3.63, 3.8) is 0 Å². The molecule has 1 unspecified atom stereocenters. The molecule has 0 radical (unpaired) electrons. The molecule has 1 heterocycles. The van der Waals surface area contributed by atoms with Gasteiger partial charge in [-0.2, -0.15) is 0 Å². The number of furan rings is 1. The van der Waals surface area contributed by atoms with Gasteiger partial charge in [-0.3, -0.25) is 0 Å². The Morgan fingerprint density at radius 1 is 1.28 bits per heavy atom. The predicted molar refractivity (Wildman–Crippen MR) is 72.9 cm³/mol. The smallest absolute Gasteiger partial charge is 0.126 e. The second-order valence-corrected chi connectivity index (χ2v) is 4.31. The van der Waals surface area contributed by atoms with Gasteiger partial charge < -0.3 is 20.2 Å². The van der Waals surface area contributed by atoms with Gasteiger partial charge in [-0.15, -0.1) is 0 Å². The molecule has 0 fully saturated rings. The lowest BCUT2D eigenvalue weighted by atomic mass is 10.2. The Bertz CT molecular complexity index is 534. The molecule has 96 valence electrons. The van der Waals surface area contributed by atoms with E-state index in [0.717, 1.165) is 23.0 Å². The molecule has 0 spiro atoms. The molecule has 0 amide bonds. The first-order valence-electron chi connectivity index (χ1n) is 5.86. The van der Waals surface area contributed by atoms with E-state index in [9.17, 15) is 0 Å². The van der Waals surface area contributed by atoms with Gasteiger partial charge in [-0.05, 0) is 32.0 Å². The SMILES string of the molecule is COc1cc(N)cc(NC(C)c2ccc(C)o2)c1. The molecule has 3 N–H and O–H groups in total. The maximum Gasteiger partial charge on any atom is 0.126 e. The Morgan fingerprint density at radius 3 is 2.67 bits per heavy atom. The van der Waals surface area contributed by atoms with Crippen LogP contribution in [0.5, 0.6) is 5.75 Å². The number of anilines is 2. The number of nitrogens with one attached hydrogen (secondary N) is 1. The summed E-state index contributed by atoms with van der Waals surface area (Å²) in [6.45, 7) is 3.97. The van der Waals surface area contributed by atoms with Crippen molar-refractivity contribution < 1.29 is 9.15 Å². The van der Waals surface area contributed by atoms with Crippen LogP contribution < -0.4 is 15.8 Å². The molecule has 2 rings (SSSR count). The number of hydrogen-bond donors (Lipinski definition) is 2. The van der Waals surface area contributed by atoms with Crippen molar-refractivity contribution in [2.75, 3.05) is 18.2 Å². The highest BCUT2D eigenvalue weighted by Gasteiger charge is 2.10. The molecular weight excluding hydrogens is 228 g/mol. The van der Waals surface area contributed by atoms with Gasteiger partial charge in [0, 0.05) is 23.5 Å². The van der Waals surface area contributed by atoms with Crippen molar-refractivity contribution in [2.45, 2.75) is 19.9 Å². The van der Waals surface area contributed by atoms with Gasteiger partial charge in [0.1, 0.15) is 17.3 Å². The van der Waals surface area contributed by atoms with E-state index in [1.165, 1.54) is 0 Å². The minimum Gasteiger partial charge on any atom is -0.497 e. The second-order valence-electron chi connectivity index (χ2n) is 4.31. The number of aryl methyl sites for hydroxylation is 1. The van der Waals surface area contributed by atoms with Crippen LogP contribution in [0.15, 0.2) is 34.7 Å². The van der Waals surface area contributed by atoms with Crippen LogP contribution in [0.1, 0.15) is 24.5 Å². The monoisotopic (exact) mass is 246 g/mol. The Hall–Kier alpha value is -2.10. The molecule has 0 saturated carbocycles. The average molecular weight is 246 g/mol. The zero-order chi connectivity index (χ0) is 13.1. The summed E-state index contributed by atoms with van der Waals surface area (Å²) >= 11 is 0. The van der Waals surface area contributed by atoms with E-state index >= 15 is 0 Å². The van der Waals surface area contributed by atoms with E-state index in [0.29, 0.717) is 5.69 Å². The second kappa shape index (κ2) is 5.04. The summed E-state index contributed by atoms with van der Waals surface area (Å²) < 4.78 is 10.8. The minimum atomic E-state index is 0.0743. The molecular formula is C14H18N2O2. The summed E-state index contributed by atoms with van der Waals surface area (Å²) in [6, 6.07) is 9.55. The van der Waals surface area contributed by atoms with E-state index in [1.807, 2.05) is 38.1 Å². The number of rotatable bonds is 4. The number of ether oxygens (including phenoxy) is 1. The molecule has 1 aromatic carbocycles. The number of nitrogen functional groups attached to an aromatic ring is 1. The lowest BCUT2D eigenvalue weighted by molar-refractivity contribution is 0.415. The van der Waals surface area contributed by atoms with Crippen molar-refractivity contribution in [3.05, 3.63) is 41.9 Å². The average Bonchev–Trinajstić information content (AvgIpc) is 2.75. The Morgan fingerprint density at radius 2 is 2.06 bits per heavy atom. The normalized spacial score (nSPS) is 12.2. The first kappa shape index (κ1) is 12.4. The quantitative estimate of drug-likeness (QED) is 0.812. The predicted octanol–water partition coefficient (Wildman–Crippen LogP) is 3.35. The molecule has 4 heteroatoms. The molecule has 4 nitrogen and oxygen atoms in total. The molecule has 1 aromatic heterocycles. The lowest BCUT2D eigenvalue weighted by Crippen LogP contribution is -2.06. The zero-order valence-corrected chi connectivity index (χ0v) is 10.9. The van der Waals surface area contributed by atoms with Crippen LogP contribution in [0, 0.1) is 6.92 Å². The molecule has 2 aromatic rings. The maximum atomic E-state index is 5.81. The first-order chi connectivity index (χ1) is 8.58. The number of nitrogens with two attached hydrogens (primary N) is 1. The van der Waals surface area contributed by atoms with E-state index in [4.69, 9.17) is 14.9 Å². The van der Waals surface area contributed by atoms with Crippen molar-refractivity contribution in [3.8, 4) is 5.75 Å². The third-order valence-electron chi connectivity index (χ3n) is 2.74. The first-order valence-corrected chi connectivity index (χ1v) is 5.86. The van der Waals surface area contributed by atoms with E-state index in [-0.39, 0.29) is 6.04 Å². The molecule has 1 atom stereocenters. The van der Waals surface area contributed by atoms with Crippen molar-refractivity contribution >= 4 is 11.4 Å². The highest BCUT2D eigenvalue weighted by Crippen LogP contribution is 2.26. The summed E-state index contributed by atoms with van der Waals surface area (Å²) in [4.78, 5) is 0. The van der Waals surface area contributed by atoms with Gasteiger partial charge in [0.05, 0.1) is 13.2 Å². The van der Waals surface area contributed by atoms with Gasteiger partial charge in [0.25, 0.3) is 0 Å². The summed E-state index contributed by atoms with van der Waals surface area (Å²) in [5.74, 6) is 2.54. The fourth-order valence-corrected chi connectivity index (χ4v) is 1.83. The number of methoxy groups -OCH3 is 1. The number of hydrogen-bond acceptors (Lipinski definition) is 4. The van der Waals surface area contributed by atoms with Gasteiger partial charge in [0.2, 0.25) is 0 Å². The molecule has 0 saturated heterocycles. The highest BCUT2D eigenvalue weighted by molar-refractivity contribution is 5.59. The Labute approximate surface area is 107 Å². The zero-order valence-electron chi connectivity index (χ0n) is 10.9. The number of benzene rings is 1. The van der Waals surface area contributed by atoms with Crippen molar-refractivity contribution in [2.24, 2.45) is 0 Å². The third kappa shape index (κ3) is 2.77. The van der Waals surface area contributed by atoms with E-state index in [1.54, 1.807) is 13.2 Å².